The van der Waals surface area contributed by atoms with Crippen LogP contribution < -0.4 is 14.9 Å². The zero-order chi connectivity index (χ0) is 20.8. The van der Waals surface area contributed by atoms with Crippen LogP contribution in [0.3, 0.4) is 0 Å². The molecule has 0 saturated carbocycles. The number of benzene rings is 4. The van der Waals surface area contributed by atoms with E-state index in [1.165, 1.54) is 10.8 Å². The van der Waals surface area contributed by atoms with Gasteiger partial charge in [-0.25, -0.2) is 0 Å². The van der Waals surface area contributed by atoms with Crippen molar-refractivity contribution in [1.82, 2.24) is 0 Å². The van der Waals surface area contributed by atoms with Gasteiger partial charge in [-0.1, -0.05) is 41.9 Å². The van der Waals surface area contributed by atoms with Crippen LogP contribution >= 0.6 is 11.6 Å². The van der Waals surface area contributed by atoms with E-state index in [1.54, 1.807) is 25.5 Å². The molecule has 0 heterocycles. The van der Waals surface area contributed by atoms with Crippen LogP contribution in [-0.2, 0) is 6.61 Å². The number of hydrazone groups is 1. The molecule has 30 heavy (non-hydrogen) atoms. The largest absolute Gasteiger partial charge is 0.496 e. The van der Waals surface area contributed by atoms with E-state index in [4.69, 9.17) is 21.1 Å². The minimum Gasteiger partial charge on any atom is -0.496 e. The summed E-state index contributed by atoms with van der Waals surface area (Å²) in [6, 6.07) is 27.6. The Kier molecular flexibility index (Phi) is 6.16. The van der Waals surface area contributed by atoms with Crippen molar-refractivity contribution in [2.24, 2.45) is 5.10 Å². The average Bonchev–Trinajstić information content (AvgIpc) is 2.79. The summed E-state index contributed by atoms with van der Waals surface area (Å²) in [5.74, 6) is 1.52. The summed E-state index contributed by atoms with van der Waals surface area (Å²) in [7, 11) is 1.65. The van der Waals surface area contributed by atoms with E-state index in [0.717, 1.165) is 28.3 Å². The summed E-state index contributed by atoms with van der Waals surface area (Å²) in [4.78, 5) is 0. The van der Waals surface area contributed by atoms with E-state index in [-0.39, 0.29) is 0 Å². The number of fused-ring (bicyclic) bond motifs is 1. The van der Waals surface area contributed by atoms with E-state index >= 15 is 0 Å². The van der Waals surface area contributed by atoms with Crippen molar-refractivity contribution in [3.8, 4) is 11.5 Å². The van der Waals surface area contributed by atoms with Crippen molar-refractivity contribution in [3.63, 3.8) is 0 Å². The quantitative estimate of drug-likeness (QED) is 0.275. The summed E-state index contributed by atoms with van der Waals surface area (Å²) >= 11 is 5.92. The molecule has 4 nitrogen and oxygen atoms in total. The zero-order valence-electron chi connectivity index (χ0n) is 16.5. The number of rotatable bonds is 7. The first-order valence-corrected chi connectivity index (χ1v) is 9.92. The summed E-state index contributed by atoms with van der Waals surface area (Å²) in [5.41, 5.74) is 5.90. The lowest BCUT2D eigenvalue weighted by atomic mass is 10.1. The van der Waals surface area contributed by atoms with Gasteiger partial charge in [0.05, 0.1) is 19.0 Å². The number of ether oxygens (including phenoxy) is 2. The maximum atomic E-state index is 5.92. The molecule has 4 aromatic rings. The fourth-order valence-corrected chi connectivity index (χ4v) is 3.25. The van der Waals surface area contributed by atoms with Gasteiger partial charge in [0.2, 0.25) is 0 Å². The van der Waals surface area contributed by atoms with Crippen molar-refractivity contribution >= 4 is 34.3 Å². The minimum absolute atomic E-state index is 0.380. The predicted molar refractivity (Wildman–Crippen MR) is 124 cm³/mol. The maximum Gasteiger partial charge on any atom is 0.125 e. The number of anilines is 1. The van der Waals surface area contributed by atoms with Crippen LogP contribution in [0.1, 0.15) is 11.1 Å². The molecule has 5 heteroatoms. The highest BCUT2D eigenvalue weighted by Gasteiger charge is 2.05. The third-order valence-corrected chi connectivity index (χ3v) is 4.92. The van der Waals surface area contributed by atoms with Crippen LogP contribution in [0.25, 0.3) is 10.8 Å². The Morgan fingerprint density at radius 3 is 2.50 bits per heavy atom. The third kappa shape index (κ3) is 4.91. The zero-order valence-corrected chi connectivity index (χ0v) is 17.3. The molecule has 0 aromatic heterocycles. The number of hydrogen-bond donors (Lipinski definition) is 1. The molecular formula is C25H21ClN2O2. The van der Waals surface area contributed by atoms with E-state index in [2.05, 4.69) is 34.8 Å². The minimum atomic E-state index is 0.380. The molecule has 0 radical (unpaired) electrons. The van der Waals surface area contributed by atoms with Crippen LogP contribution in [0, 0.1) is 0 Å². The first-order valence-electron chi connectivity index (χ1n) is 9.54. The van der Waals surface area contributed by atoms with Gasteiger partial charge in [-0.15, -0.1) is 0 Å². The van der Waals surface area contributed by atoms with E-state index in [0.29, 0.717) is 11.6 Å². The van der Waals surface area contributed by atoms with Crippen LogP contribution in [-0.4, -0.2) is 13.3 Å². The van der Waals surface area contributed by atoms with E-state index < -0.39 is 0 Å². The maximum absolute atomic E-state index is 5.92. The van der Waals surface area contributed by atoms with Crippen molar-refractivity contribution in [1.29, 1.82) is 0 Å². The molecule has 0 aliphatic heterocycles. The number of nitrogens with zero attached hydrogens (tertiary/aromatic N) is 1. The lowest BCUT2D eigenvalue weighted by Gasteiger charge is -2.11. The molecule has 0 atom stereocenters. The highest BCUT2D eigenvalue weighted by Crippen LogP contribution is 2.23. The molecule has 0 unspecified atom stereocenters. The standard InChI is InChI=1S/C25H21ClN2O2/c1-29-25-13-6-18(14-21(25)17-30-24-11-8-22(26)9-12-24)16-27-28-23-10-7-19-4-2-3-5-20(19)15-23/h2-16,28H,17H2,1H3/b27-16+. The summed E-state index contributed by atoms with van der Waals surface area (Å²) in [5, 5.41) is 7.42. The van der Waals surface area contributed by atoms with Gasteiger partial charge in [0.15, 0.2) is 0 Å². The van der Waals surface area contributed by atoms with Gasteiger partial charge in [0.25, 0.3) is 0 Å². The SMILES string of the molecule is COc1ccc(/C=N/Nc2ccc3ccccc3c2)cc1COc1ccc(Cl)cc1. The van der Waals surface area contributed by atoms with Gasteiger partial charge < -0.3 is 9.47 Å². The summed E-state index contributed by atoms with van der Waals surface area (Å²) in [6.45, 7) is 0.380. The van der Waals surface area contributed by atoms with Gasteiger partial charge in [-0.3, -0.25) is 5.43 Å². The molecule has 1 N–H and O–H groups in total. The molecule has 0 saturated heterocycles. The molecule has 0 fully saturated rings. The Labute approximate surface area is 180 Å². The molecule has 0 amide bonds. The number of methoxy groups -OCH3 is 1. The highest BCUT2D eigenvalue weighted by atomic mass is 35.5. The van der Waals surface area contributed by atoms with Gasteiger partial charge >= 0.3 is 0 Å². The first kappa shape index (κ1) is 19.8. The smallest absolute Gasteiger partial charge is 0.125 e. The van der Waals surface area contributed by atoms with Crippen molar-refractivity contribution in [2.75, 3.05) is 12.5 Å². The van der Waals surface area contributed by atoms with Crippen LogP contribution in [0.4, 0.5) is 5.69 Å². The normalized spacial score (nSPS) is 11.0. The Balaban J connectivity index is 1.45. The molecule has 150 valence electrons. The van der Waals surface area contributed by atoms with Crippen LogP contribution in [0.2, 0.25) is 5.02 Å². The number of nitrogens with one attached hydrogen (secondary N) is 1. The summed E-state index contributed by atoms with van der Waals surface area (Å²) < 4.78 is 11.3. The molecular weight excluding hydrogens is 396 g/mol. The molecule has 0 bridgehead atoms. The van der Waals surface area contributed by atoms with Crippen molar-refractivity contribution in [2.45, 2.75) is 6.61 Å². The van der Waals surface area contributed by atoms with Gasteiger partial charge in [-0.05, 0) is 70.9 Å². The second-order valence-electron chi connectivity index (χ2n) is 6.75. The van der Waals surface area contributed by atoms with Crippen molar-refractivity contribution < 1.29 is 9.47 Å². The third-order valence-electron chi connectivity index (χ3n) is 4.67. The van der Waals surface area contributed by atoms with Gasteiger partial charge in [-0.2, -0.15) is 5.10 Å². The molecule has 0 spiro atoms. The Hall–Kier alpha value is -3.50. The lowest BCUT2D eigenvalue weighted by Crippen LogP contribution is -2.00. The lowest BCUT2D eigenvalue weighted by molar-refractivity contribution is 0.296. The highest BCUT2D eigenvalue weighted by molar-refractivity contribution is 6.30. The van der Waals surface area contributed by atoms with E-state index in [1.807, 2.05) is 48.5 Å². The molecule has 4 aromatic carbocycles. The monoisotopic (exact) mass is 416 g/mol. The second-order valence-corrected chi connectivity index (χ2v) is 7.18. The van der Waals surface area contributed by atoms with Crippen LogP contribution in [0.15, 0.2) is 90.0 Å². The summed E-state index contributed by atoms with van der Waals surface area (Å²) in [6.07, 6.45) is 1.78. The van der Waals surface area contributed by atoms with Crippen LogP contribution in [0.5, 0.6) is 11.5 Å². The average molecular weight is 417 g/mol. The van der Waals surface area contributed by atoms with Gasteiger partial charge in [0, 0.05) is 10.6 Å². The fourth-order valence-electron chi connectivity index (χ4n) is 3.12. The Morgan fingerprint density at radius 1 is 0.900 bits per heavy atom. The molecule has 4 rings (SSSR count). The Morgan fingerprint density at radius 2 is 1.70 bits per heavy atom. The molecule has 0 aliphatic carbocycles. The predicted octanol–water partition coefficient (Wildman–Crippen LogP) is 6.53. The topological polar surface area (TPSA) is 42.8 Å². The Bertz CT molecular complexity index is 1170. The van der Waals surface area contributed by atoms with Crippen molar-refractivity contribution in [3.05, 3.63) is 101 Å². The molecule has 0 aliphatic rings. The fraction of sp³-hybridized carbons (Fsp3) is 0.0800. The van der Waals surface area contributed by atoms with E-state index in [9.17, 15) is 0 Å². The number of halogens is 1. The first-order chi connectivity index (χ1) is 14.7. The number of hydrogen-bond acceptors (Lipinski definition) is 4. The second kappa shape index (κ2) is 9.33. The van der Waals surface area contributed by atoms with Gasteiger partial charge in [0.1, 0.15) is 18.1 Å².